The smallest absolute Gasteiger partial charge is 0.139 e. The van der Waals surface area contributed by atoms with Crippen LogP contribution in [0.1, 0.15) is 18.4 Å². The van der Waals surface area contributed by atoms with Crippen LogP contribution >= 0.6 is 0 Å². The first-order chi connectivity index (χ1) is 11.2. The number of nitrogens with zero attached hydrogens (tertiary/aromatic N) is 2. The van der Waals surface area contributed by atoms with Crippen molar-refractivity contribution < 1.29 is 4.79 Å². The van der Waals surface area contributed by atoms with Crippen LogP contribution in [0.5, 0.6) is 0 Å². The number of benzene rings is 1. The van der Waals surface area contributed by atoms with Gasteiger partial charge in [0, 0.05) is 24.0 Å². The van der Waals surface area contributed by atoms with E-state index in [2.05, 4.69) is 26.6 Å². The predicted molar refractivity (Wildman–Crippen MR) is 89.2 cm³/mol. The number of ketones is 1. The van der Waals surface area contributed by atoms with Gasteiger partial charge in [0.1, 0.15) is 5.78 Å². The van der Waals surface area contributed by atoms with E-state index < -0.39 is 0 Å². The average Bonchev–Trinajstić information content (AvgIpc) is 3.22. The Labute approximate surface area is 133 Å². The molecule has 1 unspecified atom stereocenters. The summed E-state index contributed by atoms with van der Waals surface area (Å²) in [6.07, 6.45) is 3.56. The van der Waals surface area contributed by atoms with E-state index in [1.165, 1.54) is 0 Å². The number of hydrogen-bond acceptors (Lipinski definition) is 4. The maximum absolute atomic E-state index is 11.8. The topological polar surface area (TPSA) is 70.7 Å². The van der Waals surface area contributed by atoms with Crippen LogP contribution in [-0.2, 0) is 4.79 Å². The summed E-state index contributed by atoms with van der Waals surface area (Å²) in [4.78, 5) is 16.2. The number of carbonyl (C=O) groups excluding carboxylic acids is 1. The summed E-state index contributed by atoms with van der Waals surface area (Å²) in [5.41, 5.74) is 5.85. The number of nitrogens with one attached hydrogen (secondary N) is 2. The molecule has 0 saturated carbocycles. The number of hydrogen-bond donors (Lipinski definition) is 2. The molecule has 114 valence electrons. The highest BCUT2D eigenvalue weighted by atomic mass is 16.1. The fourth-order valence-corrected chi connectivity index (χ4v) is 3.08. The molecular formula is C18H16N4O. The SMILES string of the molecule is CC(=O)C1CNc2ccc(-c3cn[nH]c3-c3ccccn3)cc21. The molecule has 0 radical (unpaired) electrons. The zero-order chi connectivity index (χ0) is 15.8. The van der Waals surface area contributed by atoms with Crippen LogP contribution in [0, 0.1) is 0 Å². The lowest BCUT2D eigenvalue weighted by atomic mass is 9.94. The van der Waals surface area contributed by atoms with Gasteiger partial charge in [-0.05, 0) is 42.3 Å². The van der Waals surface area contributed by atoms with Crippen molar-refractivity contribution in [2.45, 2.75) is 12.8 Å². The van der Waals surface area contributed by atoms with E-state index in [4.69, 9.17) is 0 Å². The fourth-order valence-electron chi connectivity index (χ4n) is 3.08. The second-order valence-electron chi connectivity index (χ2n) is 5.72. The van der Waals surface area contributed by atoms with E-state index >= 15 is 0 Å². The third kappa shape index (κ3) is 2.30. The van der Waals surface area contributed by atoms with Gasteiger partial charge in [0.15, 0.2) is 0 Å². The molecule has 5 nitrogen and oxygen atoms in total. The average molecular weight is 304 g/mol. The normalized spacial score (nSPS) is 16.0. The molecule has 1 aliphatic rings. The van der Waals surface area contributed by atoms with Crippen molar-refractivity contribution in [3.05, 3.63) is 54.4 Å². The second kappa shape index (κ2) is 5.35. The van der Waals surface area contributed by atoms with Gasteiger partial charge in [0.2, 0.25) is 0 Å². The Hall–Kier alpha value is -2.95. The predicted octanol–water partition coefficient (Wildman–Crippen LogP) is 3.24. The van der Waals surface area contributed by atoms with Gasteiger partial charge in [0.25, 0.3) is 0 Å². The lowest BCUT2D eigenvalue weighted by molar-refractivity contribution is -0.118. The molecule has 3 heterocycles. The van der Waals surface area contributed by atoms with Crippen molar-refractivity contribution in [1.29, 1.82) is 0 Å². The highest BCUT2D eigenvalue weighted by Crippen LogP contribution is 2.37. The van der Waals surface area contributed by atoms with Crippen LogP contribution in [0.25, 0.3) is 22.5 Å². The molecule has 0 bridgehead atoms. The Morgan fingerprint density at radius 2 is 2.17 bits per heavy atom. The standard InChI is InChI=1S/C18H16N4O/c1-11(23)14-9-20-16-6-5-12(8-13(14)16)15-10-21-22-18(15)17-4-2-3-7-19-17/h2-8,10,14,20H,9H2,1H3,(H,21,22). The molecule has 2 N–H and O–H groups in total. The van der Waals surface area contributed by atoms with Crippen molar-refractivity contribution in [3.63, 3.8) is 0 Å². The quantitative estimate of drug-likeness (QED) is 0.779. The Kier molecular flexibility index (Phi) is 3.19. The van der Waals surface area contributed by atoms with Gasteiger partial charge in [-0.15, -0.1) is 0 Å². The van der Waals surface area contributed by atoms with Gasteiger partial charge in [-0.1, -0.05) is 12.1 Å². The summed E-state index contributed by atoms with van der Waals surface area (Å²) in [7, 11) is 0. The van der Waals surface area contributed by atoms with Crippen LogP contribution < -0.4 is 5.32 Å². The molecule has 1 atom stereocenters. The largest absolute Gasteiger partial charge is 0.384 e. The molecule has 0 spiro atoms. The van der Waals surface area contributed by atoms with Gasteiger partial charge in [-0.3, -0.25) is 14.9 Å². The summed E-state index contributed by atoms with van der Waals surface area (Å²) < 4.78 is 0. The summed E-state index contributed by atoms with van der Waals surface area (Å²) in [6, 6.07) is 11.9. The van der Waals surface area contributed by atoms with Gasteiger partial charge < -0.3 is 5.32 Å². The maximum atomic E-state index is 11.8. The summed E-state index contributed by atoms with van der Waals surface area (Å²) in [5.74, 6) is 0.112. The van der Waals surface area contributed by atoms with Crippen LogP contribution in [0.2, 0.25) is 0 Å². The van der Waals surface area contributed by atoms with E-state index in [0.717, 1.165) is 33.8 Å². The molecule has 1 aromatic carbocycles. The Morgan fingerprint density at radius 3 is 2.96 bits per heavy atom. The van der Waals surface area contributed by atoms with Gasteiger partial charge in [-0.2, -0.15) is 5.10 Å². The Morgan fingerprint density at radius 1 is 1.26 bits per heavy atom. The van der Waals surface area contributed by atoms with Crippen LogP contribution in [0.4, 0.5) is 5.69 Å². The first-order valence-electron chi connectivity index (χ1n) is 7.57. The van der Waals surface area contributed by atoms with Gasteiger partial charge in [-0.25, -0.2) is 0 Å². The van der Waals surface area contributed by atoms with Crippen molar-refractivity contribution in [2.24, 2.45) is 0 Å². The van der Waals surface area contributed by atoms with Crippen LogP contribution in [-0.4, -0.2) is 27.5 Å². The van der Waals surface area contributed by atoms with Crippen molar-refractivity contribution >= 4 is 11.5 Å². The highest BCUT2D eigenvalue weighted by Gasteiger charge is 2.26. The molecule has 5 heteroatoms. The van der Waals surface area contributed by atoms with E-state index in [9.17, 15) is 4.79 Å². The minimum Gasteiger partial charge on any atom is -0.384 e. The molecule has 23 heavy (non-hydrogen) atoms. The number of aromatic amines is 1. The lowest BCUT2D eigenvalue weighted by Gasteiger charge is -2.08. The minimum atomic E-state index is -0.0739. The van der Waals surface area contributed by atoms with Crippen molar-refractivity contribution in [1.82, 2.24) is 15.2 Å². The van der Waals surface area contributed by atoms with Crippen molar-refractivity contribution in [2.75, 3.05) is 11.9 Å². The minimum absolute atomic E-state index is 0.0739. The van der Waals surface area contributed by atoms with E-state index in [0.29, 0.717) is 6.54 Å². The molecule has 4 rings (SSSR count). The molecule has 2 aromatic heterocycles. The number of H-pyrrole nitrogens is 1. The summed E-state index contributed by atoms with van der Waals surface area (Å²) in [6.45, 7) is 2.32. The monoisotopic (exact) mass is 304 g/mol. The first-order valence-corrected chi connectivity index (χ1v) is 7.57. The zero-order valence-corrected chi connectivity index (χ0v) is 12.7. The van der Waals surface area contributed by atoms with E-state index in [1.807, 2.05) is 30.3 Å². The van der Waals surface area contributed by atoms with E-state index in [-0.39, 0.29) is 11.7 Å². The second-order valence-corrected chi connectivity index (χ2v) is 5.72. The summed E-state index contributed by atoms with van der Waals surface area (Å²) in [5, 5.41) is 10.5. The number of rotatable bonds is 3. The lowest BCUT2D eigenvalue weighted by Crippen LogP contribution is -2.10. The number of aromatic nitrogens is 3. The molecule has 0 aliphatic carbocycles. The Bertz CT molecular complexity index is 870. The number of Topliss-reactive ketones (excluding diaryl/α,β-unsaturated/α-hetero) is 1. The van der Waals surface area contributed by atoms with Crippen LogP contribution in [0.3, 0.4) is 0 Å². The number of anilines is 1. The number of carbonyl (C=O) groups is 1. The fraction of sp³-hybridized carbons (Fsp3) is 0.167. The molecular weight excluding hydrogens is 288 g/mol. The van der Waals surface area contributed by atoms with Gasteiger partial charge in [0.05, 0.1) is 23.5 Å². The Balaban J connectivity index is 1.80. The molecule has 3 aromatic rings. The zero-order valence-electron chi connectivity index (χ0n) is 12.7. The molecule has 0 fully saturated rings. The molecule has 0 saturated heterocycles. The third-order valence-corrected chi connectivity index (χ3v) is 4.29. The number of fused-ring (bicyclic) bond motifs is 1. The number of pyridine rings is 1. The van der Waals surface area contributed by atoms with Gasteiger partial charge >= 0.3 is 0 Å². The van der Waals surface area contributed by atoms with Crippen LogP contribution in [0.15, 0.2) is 48.8 Å². The molecule has 1 aliphatic heterocycles. The summed E-state index contributed by atoms with van der Waals surface area (Å²) >= 11 is 0. The van der Waals surface area contributed by atoms with Crippen molar-refractivity contribution in [3.8, 4) is 22.5 Å². The maximum Gasteiger partial charge on any atom is 0.139 e. The molecule has 0 amide bonds. The first kappa shape index (κ1) is 13.7. The third-order valence-electron chi connectivity index (χ3n) is 4.29. The van der Waals surface area contributed by atoms with E-state index in [1.54, 1.807) is 19.3 Å². The highest BCUT2D eigenvalue weighted by molar-refractivity contribution is 5.89.